The molecule has 6 nitrogen and oxygen atoms in total. The number of aromatic nitrogens is 4. The fourth-order valence-electron chi connectivity index (χ4n) is 2.72. The van der Waals surface area contributed by atoms with Crippen LogP contribution >= 0.6 is 11.8 Å². The van der Waals surface area contributed by atoms with Gasteiger partial charge in [0.1, 0.15) is 0 Å². The van der Waals surface area contributed by atoms with Gasteiger partial charge in [-0.1, -0.05) is 43.3 Å². The Balaban J connectivity index is 1.69. The number of rotatable bonds is 4. The Kier molecular flexibility index (Phi) is 3.78. The van der Waals surface area contributed by atoms with Gasteiger partial charge in [-0.05, 0) is 46.3 Å². The number of fused-ring (bicyclic) bond motifs is 1. The number of hydrogen-bond acceptors (Lipinski definition) is 6. The predicted octanol–water partition coefficient (Wildman–Crippen LogP) is 3.19. The van der Waals surface area contributed by atoms with Gasteiger partial charge in [0.25, 0.3) is 0 Å². The SMILES string of the molecule is CCc1ccccc1-n1nnnc1SC1OC(=O)c2ccccc21. The molecule has 7 heteroatoms. The quantitative estimate of drug-likeness (QED) is 0.681. The van der Waals surface area contributed by atoms with Crippen molar-refractivity contribution in [1.29, 1.82) is 0 Å². The largest absolute Gasteiger partial charge is 0.442 e. The first-order valence-corrected chi connectivity index (χ1v) is 8.49. The third kappa shape index (κ3) is 2.46. The van der Waals surface area contributed by atoms with Gasteiger partial charge in [-0.2, -0.15) is 4.68 Å². The molecule has 1 aliphatic heterocycles. The van der Waals surface area contributed by atoms with Crippen LogP contribution in [0.25, 0.3) is 5.69 Å². The minimum absolute atomic E-state index is 0.309. The maximum atomic E-state index is 12.0. The van der Waals surface area contributed by atoms with Crippen molar-refractivity contribution in [2.75, 3.05) is 0 Å². The number of para-hydroxylation sites is 1. The number of esters is 1. The maximum Gasteiger partial charge on any atom is 0.340 e. The van der Waals surface area contributed by atoms with E-state index in [-0.39, 0.29) is 5.97 Å². The van der Waals surface area contributed by atoms with E-state index >= 15 is 0 Å². The summed E-state index contributed by atoms with van der Waals surface area (Å²) < 4.78 is 7.16. The average molecular weight is 338 g/mol. The Morgan fingerprint density at radius 1 is 1.17 bits per heavy atom. The molecular weight excluding hydrogens is 324 g/mol. The van der Waals surface area contributed by atoms with Crippen LogP contribution in [0.3, 0.4) is 0 Å². The second-order valence-electron chi connectivity index (χ2n) is 5.30. The van der Waals surface area contributed by atoms with Gasteiger partial charge >= 0.3 is 5.97 Å². The fourth-order valence-corrected chi connectivity index (χ4v) is 3.69. The van der Waals surface area contributed by atoms with Crippen molar-refractivity contribution >= 4 is 17.7 Å². The third-order valence-corrected chi connectivity index (χ3v) is 4.93. The number of carbonyl (C=O) groups is 1. The van der Waals surface area contributed by atoms with E-state index in [0.29, 0.717) is 10.7 Å². The first kappa shape index (κ1) is 14.9. The van der Waals surface area contributed by atoms with E-state index in [0.717, 1.165) is 23.2 Å². The molecule has 1 aliphatic rings. The van der Waals surface area contributed by atoms with E-state index in [4.69, 9.17) is 4.74 Å². The smallest absolute Gasteiger partial charge is 0.340 e. The van der Waals surface area contributed by atoms with E-state index < -0.39 is 5.44 Å². The summed E-state index contributed by atoms with van der Waals surface area (Å²) in [5, 5.41) is 12.6. The van der Waals surface area contributed by atoms with E-state index in [2.05, 4.69) is 28.5 Å². The molecule has 0 saturated heterocycles. The van der Waals surface area contributed by atoms with Gasteiger partial charge in [-0.25, -0.2) is 4.79 Å². The van der Waals surface area contributed by atoms with Crippen molar-refractivity contribution in [3.63, 3.8) is 0 Å². The van der Waals surface area contributed by atoms with E-state index in [1.54, 1.807) is 10.7 Å². The molecule has 2 heterocycles. The number of hydrogen-bond donors (Lipinski definition) is 0. The van der Waals surface area contributed by atoms with Gasteiger partial charge < -0.3 is 4.74 Å². The molecule has 0 aliphatic carbocycles. The maximum absolute atomic E-state index is 12.0. The molecule has 0 fully saturated rings. The molecule has 0 bridgehead atoms. The number of nitrogens with zero attached hydrogens (tertiary/aromatic N) is 4. The van der Waals surface area contributed by atoms with Crippen LogP contribution < -0.4 is 0 Å². The summed E-state index contributed by atoms with van der Waals surface area (Å²) in [6.07, 6.45) is 0.876. The van der Waals surface area contributed by atoms with E-state index in [1.165, 1.54) is 11.8 Å². The summed E-state index contributed by atoms with van der Waals surface area (Å²) in [7, 11) is 0. The number of thioether (sulfide) groups is 1. The summed E-state index contributed by atoms with van der Waals surface area (Å²) in [4.78, 5) is 12.0. The highest BCUT2D eigenvalue weighted by molar-refractivity contribution is 7.99. The molecule has 2 aromatic carbocycles. The molecule has 120 valence electrons. The van der Waals surface area contributed by atoms with Gasteiger partial charge in [0, 0.05) is 5.56 Å². The van der Waals surface area contributed by atoms with Gasteiger partial charge in [0.2, 0.25) is 5.16 Å². The fraction of sp³-hybridized carbons (Fsp3) is 0.176. The molecule has 0 N–H and O–H groups in total. The Morgan fingerprint density at radius 3 is 2.83 bits per heavy atom. The molecule has 4 rings (SSSR count). The summed E-state index contributed by atoms with van der Waals surface area (Å²) in [5.41, 5.74) is 3.10. The Bertz CT molecular complexity index is 909. The van der Waals surface area contributed by atoms with Crippen LogP contribution in [-0.2, 0) is 11.2 Å². The highest BCUT2D eigenvalue weighted by Crippen LogP contribution is 2.42. The molecular formula is C17H14N4O2S. The second-order valence-corrected chi connectivity index (χ2v) is 6.33. The summed E-state index contributed by atoms with van der Waals surface area (Å²) in [6.45, 7) is 2.09. The van der Waals surface area contributed by atoms with Crippen LogP contribution in [0.4, 0.5) is 0 Å². The van der Waals surface area contributed by atoms with Crippen LogP contribution in [0, 0.1) is 0 Å². The van der Waals surface area contributed by atoms with Crippen molar-refractivity contribution in [3.8, 4) is 5.69 Å². The Labute approximate surface area is 142 Å². The highest BCUT2D eigenvalue weighted by atomic mass is 32.2. The van der Waals surface area contributed by atoms with Crippen molar-refractivity contribution in [1.82, 2.24) is 20.2 Å². The predicted molar refractivity (Wildman–Crippen MR) is 89.0 cm³/mol. The molecule has 0 spiro atoms. The zero-order valence-corrected chi connectivity index (χ0v) is 13.7. The molecule has 3 aromatic rings. The van der Waals surface area contributed by atoms with Crippen LogP contribution in [0.15, 0.2) is 53.7 Å². The first-order valence-electron chi connectivity index (χ1n) is 7.61. The van der Waals surface area contributed by atoms with Crippen LogP contribution in [0.5, 0.6) is 0 Å². The van der Waals surface area contributed by atoms with Gasteiger partial charge in [-0.3, -0.25) is 0 Å². The zero-order valence-electron chi connectivity index (χ0n) is 12.9. The van der Waals surface area contributed by atoms with Crippen molar-refractivity contribution in [2.45, 2.75) is 23.9 Å². The molecule has 1 unspecified atom stereocenters. The molecule has 0 radical (unpaired) electrons. The minimum atomic E-state index is -0.438. The van der Waals surface area contributed by atoms with Crippen LogP contribution in [0.1, 0.15) is 33.8 Å². The van der Waals surface area contributed by atoms with E-state index in [1.807, 2.05) is 36.4 Å². The van der Waals surface area contributed by atoms with Crippen molar-refractivity contribution < 1.29 is 9.53 Å². The molecule has 24 heavy (non-hydrogen) atoms. The van der Waals surface area contributed by atoms with Gasteiger partial charge in [-0.15, -0.1) is 5.10 Å². The summed E-state index contributed by atoms with van der Waals surface area (Å²) >= 11 is 1.33. The number of aryl methyl sites for hydroxylation is 1. The normalized spacial score (nSPS) is 16.0. The highest BCUT2D eigenvalue weighted by Gasteiger charge is 2.33. The standard InChI is InChI=1S/C17H14N4O2S/c1-2-11-7-3-6-10-14(11)21-17(18-19-20-21)24-16-13-9-5-4-8-12(13)15(22)23-16/h3-10,16H,2H2,1H3. The minimum Gasteiger partial charge on any atom is -0.442 e. The number of cyclic esters (lactones) is 1. The Morgan fingerprint density at radius 2 is 1.96 bits per heavy atom. The van der Waals surface area contributed by atoms with Crippen molar-refractivity contribution in [2.24, 2.45) is 0 Å². The topological polar surface area (TPSA) is 69.9 Å². The zero-order chi connectivity index (χ0) is 16.5. The first-order chi connectivity index (χ1) is 11.8. The number of benzene rings is 2. The lowest BCUT2D eigenvalue weighted by Crippen LogP contribution is -2.04. The van der Waals surface area contributed by atoms with Crippen LogP contribution in [-0.4, -0.2) is 26.2 Å². The second kappa shape index (κ2) is 6.09. The lowest BCUT2D eigenvalue weighted by atomic mass is 10.1. The third-order valence-electron chi connectivity index (χ3n) is 3.90. The Hall–Kier alpha value is -2.67. The lowest BCUT2D eigenvalue weighted by molar-refractivity contribution is 0.0521. The van der Waals surface area contributed by atoms with Crippen molar-refractivity contribution in [3.05, 3.63) is 65.2 Å². The van der Waals surface area contributed by atoms with E-state index in [9.17, 15) is 4.79 Å². The number of ether oxygens (including phenoxy) is 1. The van der Waals surface area contributed by atoms with Gasteiger partial charge in [0.15, 0.2) is 5.44 Å². The summed E-state index contributed by atoms with van der Waals surface area (Å²) in [5.74, 6) is -0.309. The number of carbonyl (C=O) groups excluding carboxylic acids is 1. The summed E-state index contributed by atoms with van der Waals surface area (Å²) in [6, 6.07) is 15.4. The average Bonchev–Trinajstić information content (AvgIpc) is 3.21. The molecule has 0 amide bonds. The van der Waals surface area contributed by atoms with Crippen LogP contribution in [0.2, 0.25) is 0 Å². The van der Waals surface area contributed by atoms with Gasteiger partial charge in [0.05, 0.1) is 11.3 Å². The molecule has 1 aromatic heterocycles. The molecule has 0 saturated carbocycles. The monoisotopic (exact) mass is 338 g/mol. The number of tetrazole rings is 1. The lowest BCUT2D eigenvalue weighted by Gasteiger charge is -2.11. The molecule has 1 atom stereocenters.